The summed E-state index contributed by atoms with van der Waals surface area (Å²) in [6.07, 6.45) is 9.58. The van der Waals surface area contributed by atoms with Gasteiger partial charge in [0.2, 0.25) is 0 Å². The van der Waals surface area contributed by atoms with E-state index in [1.165, 1.54) is 32.1 Å². The zero-order chi connectivity index (χ0) is 21.3. The van der Waals surface area contributed by atoms with Crippen LogP contribution < -0.4 is 0 Å². The highest BCUT2D eigenvalue weighted by Gasteiger charge is 2.48. The van der Waals surface area contributed by atoms with Crippen molar-refractivity contribution < 1.29 is 9.90 Å². The van der Waals surface area contributed by atoms with Crippen molar-refractivity contribution in [3.05, 3.63) is 46.5 Å². The molecule has 1 N–H and O–H groups in total. The van der Waals surface area contributed by atoms with E-state index >= 15 is 0 Å². The molecule has 156 valence electrons. The third-order valence-corrected chi connectivity index (χ3v) is 7.27. The fraction of sp³-hybridized carbons (Fsp3) is 0.593. The van der Waals surface area contributed by atoms with Gasteiger partial charge in [0.15, 0.2) is 0 Å². The Kier molecular flexibility index (Phi) is 6.00. The first kappa shape index (κ1) is 21.7. The van der Waals surface area contributed by atoms with Gasteiger partial charge in [0.25, 0.3) is 0 Å². The molecule has 0 saturated carbocycles. The Bertz CT molecular complexity index is 828. The van der Waals surface area contributed by atoms with Crippen LogP contribution in [0.3, 0.4) is 0 Å². The molecule has 0 aliphatic heterocycles. The fourth-order valence-corrected chi connectivity index (χ4v) is 5.12. The maximum atomic E-state index is 11.1. The van der Waals surface area contributed by atoms with Gasteiger partial charge in [-0.25, -0.2) is 4.79 Å². The predicted octanol–water partition coefficient (Wildman–Crippen LogP) is 7.24. The van der Waals surface area contributed by atoms with Crippen LogP contribution in [0.1, 0.15) is 102 Å². The smallest absolute Gasteiger partial charge is 0.335 e. The zero-order valence-corrected chi connectivity index (χ0v) is 18.8. The summed E-state index contributed by atoms with van der Waals surface area (Å²) in [5, 5.41) is 9.11. The van der Waals surface area contributed by atoms with Crippen molar-refractivity contribution in [3.63, 3.8) is 0 Å². The number of hydrogen-bond donors (Lipinski definition) is 1. The van der Waals surface area contributed by atoms with Crippen LogP contribution in [-0.4, -0.2) is 11.1 Å². The Balaban J connectivity index is 1.92. The number of carbonyl (C=O) groups is 1. The summed E-state index contributed by atoms with van der Waals surface area (Å²) in [5.74, 6) is 6.24. The fourth-order valence-electron chi connectivity index (χ4n) is 5.12. The van der Waals surface area contributed by atoms with E-state index in [2.05, 4.69) is 46.5 Å². The van der Waals surface area contributed by atoms with Crippen molar-refractivity contribution in [2.24, 2.45) is 16.2 Å². The van der Waals surface area contributed by atoms with E-state index in [1.54, 1.807) is 23.3 Å². The highest BCUT2D eigenvalue weighted by molar-refractivity contribution is 5.87. The van der Waals surface area contributed by atoms with Crippen LogP contribution in [-0.2, 0) is 0 Å². The van der Waals surface area contributed by atoms with E-state index in [1.807, 2.05) is 12.1 Å². The van der Waals surface area contributed by atoms with Crippen molar-refractivity contribution in [2.75, 3.05) is 0 Å². The van der Waals surface area contributed by atoms with E-state index < -0.39 is 5.97 Å². The van der Waals surface area contributed by atoms with Crippen LogP contribution in [0.15, 0.2) is 35.4 Å². The SMILES string of the molecule is CCCCCC1(C#Cc2ccc(C(=O)O)cc2)CC2=C(C1)C(C)(C)CCC2(C)C. The van der Waals surface area contributed by atoms with Gasteiger partial charge in [0.05, 0.1) is 5.56 Å². The Hall–Kier alpha value is -2.01. The van der Waals surface area contributed by atoms with Crippen LogP contribution in [0.4, 0.5) is 0 Å². The lowest BCUT2D eigenvalue weighted by Crippen LogP contribution is -2.28. The monoisotopic (exact) mass is 392 g/mol. The Morgan fingerprint density at radius 1 is 0.966 bits per heavy atom. The molecule has 2 nitrogen and oxygen atoms in total. The summed E-state index contributed by atoms with van der Waals surface area (Å²) in [7, 11) is 0. The molecule has 0 amide bonds. The van der Waals surface area contributed by atoms with Gasteiger partial charge in [0.1, 0.15) is 0 Å². The molecule has 0 bridgehead atoms. The van der Waals surface area contributed by atoms with Crippen molar-refractivity contribution in [1.29, 1.82) is 0 Å². The first-order valence-electron chi connectivity index (χ1n) is 11.2. The zero-order valence-electron chi connectivity index (χ0n) is 18.8. The van der Waals surface area contributed by atoms with Crippen molar-refractivity contribution >= 4 is 5.97 Å². The van der Waals surface area contributed by atoms with Crippen LogP contribution in [0.5, 0.6) is 0 Å². The maximum Gasteiger partial charge on any atom is 0.335 e. The highest BCUT2D eigenvalue weighted by atomic mass is 16.4. The molecule has 2 heteroatoms. The third-order valence-electron chi connectivity index (χ3n) is 7.27. The normalized spacial score (nSPS) is 21.3. The van der Waals surface area contributed by atoms with Crippen LogP contribution >= 0.6 is 0 Å². The summed E-state index contributed by atoms with van der Waals surface area (Å²) >= 11 is 0. The van der Waals surface area contributed by atoms with Gasteiger partial charge in [-0.2, -0.15) is 0 Å². The van der Waals surface area contributed by atoms with Gasteiger partial charge in [-0.05, 0) is 67.2 Å². The predicted molar refractivity (Wildman–Crippen MR) is 120 cm³/mol. The van der Waals surface area contributed by atoms with E-state index in [9.17, 15) is 4.79 Å². The molecule has 0 fully saturated rings. The number of carboxylic acid groups (broad SMARTS) is 1. The molecule has 1 aromatic carbocycles. The van der Waals surface area contributed by atoms with Gasteiger partial charge in [0, 0.05) is 11.0 Å². The minimum Gasteiger partial charge on any atom is -0.478 e. The number of carboxylic acids is 1. The number of benzene rings is 1. The molecule has 1 aromatic rings. The van der Waals surface area contributed by atoms with E-state index in [-0.39, 0.29) is 16.2 Å². The van der Waals surface area contributed by atoms with Crippen LogP contribution in [0.25, 0.3) is 0 Å². The summed E-state index contributed by atoms with van der Waals surface area (Å²) < 4.78 is 0. The topological polar surface area (TPSA) is 37.3 Å². The largest absolute Gasteiger partial charge is 0.478 e. The van der Waals surface area contributed by atoms with Gasteiger partial charge < -0.3 is 5.11 Å². The average molecular weight is 393 g/mol. The van der Waals surface area contributed by atoms with Crippen molar-refractivity contribution in [1.82, 2.24) is 0 Å². The molecule has 29 heavy (non-hydrogen) atoms. The van der Waals surface area contributed by atoms with Crippen LogP contribution in [0, 0.1) is 28.1 Å². The second-order valence-corrected chi connectivity index (χ2v) is 10.4. The van der Waals surface area contributed by atoms with E-state index in [0.717, 1.165) is 24.8 Å². The summed E-state index contributed by atoms with van der Waals surface area (Å²) in [4.78, 5) is 11.1. The minimum absolute atomic E-state index is 0.0319. The molecule has 0 aromatic heterocycles. The number of rotatable bonds is 5. The van der Waals surface area contributed by atoms with E-state index in [4.69, 9.17) is 5.11 Å². The number of unbranched alkanes of at least 4 members (excludes halogenated alkanes) is 2. The lowest BCUT2D eigenvalue weighted by Gasteiger charge is -2.41. The second kappa shape index (κ2) is 8.02. The molecule has 3 rings (SSSR count). The first-order valence-corrected chi connectivity index (χ1v) is 11.2. The lowest BCUT2D eigenvalue weighted by atomic mass is 9.64. The minimum atomic E-state index is -0.891. The summed E-state index contributed by atoms with van der Waals surface area (Å²) in [6, 6.07) is 6.99. The Morgan fingerprint density at radius 3 is 2.00 bits per heavy atom. The first-order chi connectivity index (χ1) is 13.6. The average Bonchev–Trinajstić information content (AvgIpc) is 3.07. The third kappa shape index (κ3) is 4.61. The van der Waals surface area contributed by atoms with Crippen LogP contribution in [0.2, 0.25) is 0 Å². The molecule has 0 heterocycles. The lowest BCUT2D eigenvalue weighted by molar-refractivity contribution is 0.0697. The number of hydrogen-bond acceptors (Lipinski definition) is 1. The second-order valence-electron chi connectivity index (χ2n) is 10.4. The molecule has 2 aliphatic carbocycles. The quantitative estimate of drug-likeness (QED) is 0.326. The molecule has 2 aliphatic rings. The molecule has 0 atom stereocenters. The summed E-state index contributed by atoms with van der Waals surface area (Å²) in [5.41, 5.74) is 5.15. The molecule has 0 unspecified atom stereocenters. The van der Waals surface area contributed by atoms with Crippen molar-refractivity contribution in [2.45, 2.75) is 86.0 Å². The van der Waals surface area contributed by atoms with Gasteiger partial charge in [-0.3, -0.25) is 0 Å². The van der Waals surface area contributed by atoms with Gasteiger partial charge in [-0.1, -0.05) is 76.9 Å². The summed E-state index contributed by atoms with van der Waals surface area (Å²) in [6.45, 7) is 11.9. The maximum absolute atomic E-state index is 11.1. The molecule has 0 radical (unpaired) electrons. The van der Waals surface area contributed by atoms with Gasteiger partial charge in [-0.15, -0.1) is 0 Å². The number of aromatic carboxylic acids is 1. The molecular formula is C27H36O2. The Labute approximate surface area is 176 Å². The number of allylic oxidation sites excluding steroid dienone is 2. The highest BCUT2D eigenvalue weighted by Crippen LogP contribution is 2.60. The standard InChI is InChI=1S/C27H36O2/c1-6-7-8-14-27(15-13-20-9-11-21(12-10-20)24(28)29)18-22-23(19-27)26(4,5)17-16-25(22,2)3/h9-12H,6-8,14,16-19H2,1-5H3,(H,28,29). The molecular weight excluding hydrogens is 356 g/mol. The molecule has 0 saturated heterocycles. The Morgan fingerprint density at radius 2 is 1.52 bits per heavy atom. The van der Waals surface area contributed by atoms with Gasteiger partial charge >= 0.3 is 5.97 Å². The van der Waals surface area contributed by atoms with Crippen molar-refractivity contribution in [3.8, 4) is 11.8 Å². The van der Waals surface area contributed by atoms with E-state index in [0.29, 0.717) is 5.56 Å². The molecule has 0 spiro atoms.